The summed E-state index contributed by atoms with van der Waals surface area (Å²) in [5, 5.41) is 44.8. The Hall–Kier alpha value is -5.45. The van der Waals surface area contributed by atoms with Gasteiger partial charge in [-0.3, -0.25) is 29.2 Å². The highest BCUT2D eigenvalue weighted by atomic mass is 16.5. The van der Waals surface area contributed by atoms with Crippen LogP contribution in [0.2, 0.25) is 0 Å². The lowest BCUT2D eigenvalue weighted by Crippen LogP contribution is -2.47. The second-order valence-corrected chi connectivity index (χ2v) is 10.3. The number of nitrogens with zero attached hydrogens (tertiary/aromatic N) is 1. The average Bonchev–Trinajstić information content (AvgIpc) is 3.53. The van der Waals surface area contributed by atoms with Gasteiger partial charge in [0.2, 0.25) is 12.3 Å². The summed E-state index contributed by atoms with van der Waals surface area (Å²) < 4.78 is 10.8. The number of benzene rings is 1. The van der Waals surface area contributed by atoms with E-state index in [-0.39, 0.29) is 41.5 Å². The Labute approximate surface area is 268 Å². The first kappa shape index (κ1) is 37.7. The molecule has 1 aromatic carbocycles. The third kappa shape index (κ3) is 11.8. The van der Waals surface area contributed by atoms with E-state index in [4.69, 9.17) is 19.4 Å². The van der Waals surface area contributed by atoms with Crippen molar-refractivity contribution in [3.8, 4) is 17.1 Å². The van der Waals surface area contributed by atoms with Crippen LogP contribution in [-0.4, -0.2) is 93.0 Å². The fraction of sp³-hybridized carbons (Fsp3) is 0.433. The molecule has 17 nitrogen and oxygen atoms in total. The number of furan rings is 1. The lowest BCUT2D eigenvalue weighted by molar-refractivity contribution is -0.168. The number of carboxylic acid groups (broad SMARTS) is 3. The van der Waals surface area contributed by atoms with E-state index < -0.39 is 66.7 Å². The molecule has 256 valence electrons. The first-order valence-corrected chi connectivity index (χ1v) is 14.6. The molecule has 0 aliphatic heterocycles. The smallest absolute Gasteiger partial charge is 0.341 e. The van der Waals surface area contributed by atoms with E-state index in [2.05, 4.69) is 16.0 Å². The fourth-order valence-electron chi connectivity index (χ4n) is 4.61. The van der Waals surface area contributed by atoms with Gasteiger partial charge in [0.15, 0.2) is 12.4 Å². The number of ether oxygens (including phenoxy) is 1. The number of unbranched alkanes of at least 4 members (excludes halogenated alkanes) is 2. The first-order chi connectivity index (χ1) is 22.3. The van der Waals surface area contributed by atoms with E-state index in [9.17, 15) is 43.9 Å². The zero-order valence-electron chi connectivity index (χ0n) is 25.8. The van der Waals surface area contributed by atoms with Crippen LogP contribution in [0.3, 0.4) is 0 Å². The van der Waals surface area contributed by atoms with Gasteiger partial charge >= 0.3 is 17.9 Å². The minimum Gasteiger partial charge on any atom is -0.482 e. The molecule has 0 saturated carbocycles. The molecule has 0 aliphatic rings. The molecule has 47 heavy (non-hydrogen) atoms. The van der Waals surface area contributed by atoms with Gasteiger partial charge in [-0.2, -0.15) is 0 Å². The number of carboxylic acids is 3. The van der Waals surface area contributed by atoms with Crippen LogP contribution in [0.25, 0.3) is 11.3 Å². The van der Waals surface area contributed by atoms with Crippen molar-refractivity contribution in [1.29, 1.82) is 0 Å². The Morgan fingerprint density at radius 3 is 2.28 bits per heavy atom. The quantitative estimate of drug-likeness (QED) is 0.0330. The highest BCUT2D eigenvalue weighted by Crippen LogP contribution is 2.28. The predicted octanol–water partition coefficient (Wildman–Crippen LogP) is 1.69. The summed E-state index contributed by atoms with van der Waals surface area (Å²) in [6.07, 6.45) is 2.48. The zero-order chi connectivity index (χ0) is 35.1. The van der Waals surface area contributed by atoms with Crippen molar-refractivity contribution in [2.75, 3.05) is 13.3 Å². The third-order valence-corrected chi connectivity index (χ3v) is 6.93. The molecule has 0 saturated heterocycles. The summed E-state index contributed by atoms with van der Waals surface area (Å²) in [5.41, 5.74) is -0.0979. The number of hydrogen-bond donors (Lipinski definition) is 7. The van der Waals surface area contributed by atoms with Gasteiger partial charge in [-0.25, -0.2) is 14.7 Å². The van der Waals surface area contributed by atoms with Gasteiger partial charge < -0.3 is 40.4 Å². The van der Waals surface area contributed by atoms with Crippen molar-refractivity contribution in [3.63, 3.8) is 0 Å². The number of amides is 4. The summed E-state index contributed by atoms with van der Waals surface area (Å²) in [4.78, 5) is 83.2. The van der Waals surface area contributed by atoms with Crippen molar-refractivity contribution >= 4 is 42.0 Å². The van der Waals surface area contributed by atoms with Gasteiger partial charge in [-0.15, -0.1) is 0 Å². The van der Waals surface area contributed by atoms with Gasteiger partial charge in [-0.05, 0) is 43.2 Å². The molecular formula is C30H38N4O13. The van der Waals surface area contributed by atoms with Crippen LogP contribution in [0, 0.1) is 5.92 Å². The van der Waals surface area contributed by atoms with Crippen molar-refractivity contribution in [2.45, 2.75) is 64.5 Å². The highest BCUT2D eigenvalue weighted by molar-refractivity contribution is 5.99. The summed E-state index contributed by atoms with van der Waals surface area (Å²) in [5.74, 6) is -7.65. The second-order valence-electron chi connectivity index (χ2n) is 10.3. The molecule has 2 rings (SSSR count). The summed E-state index contributed by atoms with van der Waals surface area (Å²) in [7, 11) is 0. The van der Waals surface area contributed by atoms with E-state index in [1.54, 1.807) is 6.92 Å². The van der Waals surface area contributed by atoms with E-state index in [1.807, 2.05) is 6.92 Å². The number of carbonyl (C=O) groups excluding carboxylic acids is 4. The predicted molar refractivity (Wildman–Crippen MR) is 160 cm³/mol. The maximum Gasteiger partial charge on any atom is 0.341 e. The van der Waals surface area contributed by atoms with Gasteiger partial charge in [0.25, 0.3) is 11.8 Å². The van der Waals surface area contributed by atoms with Gasteiger partial charge in [0.1, 0.15) is 17.6 Å². The van der Waals surface area contributed by atoms with Gasteiger partial charge in [0, 0.05) is 11.1 Å². The molecule has 1 aromatic heterocycles. The van der Waals surface area contributed by atoms with Gasteiger partial charge in [0.05, 0.1) is 25.0 Å². The number of rotatable bonds is 21. The molecule has 3 atom stereocenters. The minimum absolute atomic E-state index is 0.0213. The van der Waals surface area contributed by atoms with Crippen LogP contribution in [0.15, 0.2) is 34.7 Å². The Balaban J connectivity index is 2.21. The molecule has 2 aromatic rings. The Morgan fingerprint density at radius 1 is 0.957 bits per heavy atom. The van der Waals surface area contributed by atoms with Gasteiger partial charge in [-0.1, -0.05) is 33.1 Å². The zero-order valence-corrected chi connectivity index (χ0v) is 25.8. The van der Waals surface area contributed by atoms with Crippen LogP contribution in [0.5, 0.6) is 5.75 Å². The van der Waals surface area contributed by atoms with Crippen molar-refractivity contribution in [2.24, 2.45) is 5.92 Å². The summed E-state index contributed by atoms with van der Waals surface area (Å²) in [6, 6.07) is 3.78. The summed E-state index contributed by atoms with van der Waals surface area (Å²) in [6.45, 7) is 2.61. The lowest BCUT2D eigenvalue weighted by Gasteiger charge is -2.29. The normalized spacial score (nSPS) is 12.6. The van der Waals surface area contributed by atoms with Crippen LogP contribution in [0.4, 0.5) is 0 Å². The SMILES string of the molecule is CCCCCC(C(=O)NCNC(=O)c1ccc(-c2cc(OCC(=O)O)cc(C(=O)NC(CC(=O)O)C(=O)O)c2)o1)[C@@H](CC)N(O)C=O. The van der Waals surface area contributed by atoms with Crippen molar-refractivity contribution < 1.29 is 63.2 Å². The maximum absolute atomic E-state index is 13.0. The highest BCUT2D eigenvalue weighted by Gasteiger charge is 2.31. The van der Waals surface area contributed by atoms with E-state index in [0.717, 1.165) is 18.9 Å². The largest absolute Gasteiger partial charge is 0.482 e. The lowest BCUT2D eigenvalue weighted by atomic mass is 9.90. The Bertz CT molecular complexity index is 1440. The molecule has 0 radical (unpaired) electrons. The number of hydrogen-bond acceptors (Lipinski definition) is 10. The molecule has 0 bridgehead atoms. The minimum atomic E-state index is -1.77. The van der Waals surface area contributed by atoms with Crippen LogP contribution in [-0.2, 0) is 24.0 Å². The fourth-order valence-corrected chi connectivity index (χ4v) is 4.61. The Morgan fingerprint density at radius 2 is 1.68 bits per heavy atom. The maximum atomic E-state index is 13.0. The molecular weight excluding hydrogens is 624 g/mol. The monoisotopic (exact) mass is 662 g/mol. The van der Waals surface area contributed by atoms with Crippen LogP contribution < -0.4 is 20.7 Å². The average molecular weight is 663 g/mol. The van der Waals surface area contributed by atoms with E-state index in [1.165, 1.54) is 24.3 Å². The molecule has 17 heteroatoms. The molecule has 0 spiro atoms. The van der Waals surface area contributed by atoms with Crippen LogP contribution in [0.1, 0.15) is 73.3 Å². The van der Waals surface area contributed by atoms with Crippen LogP contribution >= 0.6 is 0 Å². The molecule has 7 N–H and O–H groups in total. The first-order valence-electron chi connectivity index (χ1n) is 14.6. The standard InChI is InChI=1S/C30H38N4O13/c1-3-5-6-7-20(22(4-2)34(45)16-35)28(41)31-15-32-29(42)24-9-8-23(47-24)17-10-18(12-19(11-17)46-14-26(38)39)27(40)33-21(30(43)44)13-25(36)37/h8-12,16,20-22,45H,3-7,13-15H2,1-2H3,(H,31,41)(H,32,42)(H,33,40)(H,36,37)(H,38,39)(H,43,44)/t20?,21?,22-/m1/s1. The topological polar surface area (TPSA) is 262 Å². The number of hydroxylamine groups is 2. The number of aliphatic carboxylic acids is 3. The molecule has 4 amide bonds. The number of carbonyl (C=O) groups is 7. The summed E-state index contributed by atoms with van der Waals surface area (Å²) >= 11 is 0. The molecule has 0 aliphatic carbocycles. The number of nitrogens with one attached hydrogen (secondary N) is 3. The molecule has 0 fully saturated rings. The second kappa shape index (κ2) is 18.5. The van der Waals surface area contributed by atoms with Crippen molar-refractivity contribution in [1.82, 2.24) is 21.0 Å². The third-order valence-electron chi connectivity index (χ3n) is 6.93. The van der Waals surface area contributed by atoms with E-state index in [0.29, 0.717) is 24.3 Å². The Kier molecular flexibility index (Phi) is 14.9. The van der Waals surface area contributed by atoms with E-state index >= 15 is 0 Å². The molecule has 1 heterocycles. The molecule has 2 unspecified atom stereocenters. The van der Waals surface area contributed by atoms with Crippen molar-refractivity contribution in [3.05, 3.63) is 41.7 Å².